The molecule has 1 atom stereocenters. The van der Waals surface area contributed by atoms with Crippen LogP contribution in [0.1, 0.15) is 43.2 Å². The zero-order valence-electron chi connectivity index (χ0n) is 18.4. The Morgan fingerprint density at radius 2 is 1.77 bits per heavy atom. The average Bonchev–Trinajstić information content (AvgIpc) is 3.59. The molecule has 2 aromatic carbocycles. The van der Waals surface area contributed by atoms with Gasteiger partial charge in [0.1, 0.15) is 5.75 Å². The van der Waals surface area contributed by atoms with Gasteiger partial charge in [0.15, 0.2) is 5.96 Å². The molecule has 0 aliphatic heterocycles. The monoisotopic (exact) mass is 444 g/mol. The lowest BCUT2D eigenvalue weighted by Gasteiger charge is -2.16. The molecule has 168 valence electrons. The summed E-state index contributed by atoms with van der Waals surface area (Å²) in [6.45, 7) is 3.55. The minimum absolute atomic E-state index is 0.105. The van der Waals surface area contributed by atoms with Crippen LogP contribution < -0.4 is 20.1 Å². The van der Waals surface area contributed by atoms with E-state index in [2.05, 4.69) is 39.4 Å². The molecule has 0 bridgehead atoms. The highest BCUT2D eigenvalue weighted by Crippen LogP contribution is 2.22. The molecule has 1 aliphatic carbocycles. The van der Waals surface area contributed by atoms with E-state index in [-0.39, 0.29) is 6.04 Å². The fourth-order valence-corrected chi connectivity index (χ4v) is 4.49. The first-order valence-electron chi connectivity index (χ1n) is 10.6. The van der Waals surface area contributed by atoms with Gasteiger partial charge in [0.25, 0.3) is 0 Å². The van der Waals surface area contributed by atoms with E-state index in [4.69, 9.17) is 4.74 Å². The van der Waals surface area contributed by atoms with Gasteiger partial charge >= 0.3 is 0 Å². The van der Waals surface area contributed by atoms with Crippen molar-refractivity contribution in [2.24, 2.45) is 4.99 Å². The highest BCUT2D eigenvalue weighted by atomic mass is 32.2. The number of sulfonamides is 1. The van der Waals surface area contributed by atoms with Crippen molar-refractivity contribution in [1.29, 1.82) is 0 Å². The Hall–Kier alpha value is -2.58. The lowest BCUT2D eigenvalue weighted by molar-refractivity contribution is 0.414. The van der Waals surface area contributed by atoms with Gasteiger partial charge < -0.3 is 15.4 Å². The van der Waals surface area contributed by atoms with E-state index in [0.717, 1.165) is 37.1 Å². The first-order valence-corrected chi connectivity index (χ1v) is 12.1. The van der Waals surface area contributed by atoms with E-state index >= 15 is 0 Å². The smallest absolute Gasteiger partial charge is 0.240 e. The Morgan fingerprint density at radius 3 is 2.35 bits per heavy atom. The number of nitrogens with one attached hydrogen (secondary N) is 3. The van der Waals surface area contributed by atoms with Gasteiger partial charge in [0.05, 0.1) is 12.0 Å². The lowest BCUT2D eigenvalue weighted by Crippen LogP contribution is -2.37. The highest BCUT2D eigenvalue weighted by Gasteiger charge is 2.27. The summed E-state index contributed by atoms with van der Waals surface area (Å²) in [6, 6.07) is 15.2. The molecule has 0 radical (unpaired) electrons. The molecule has 1 unspecified atom stereocenters. The maximum Gasteiger partial charge on any atom is 0.240 e. The van der Waals surface area contributed by atoms with E-state index in [9.17, 15) is 8.42 Å². The number of ether oxygens (including phenoxy) is 1. The molecule has 7 nitrogen and oxygen atoms in total. The van der Waals surface area contributed by atoms with Gasteiger partial charge in [-0.1, -0.05) is 31.2 Å². The molecule has 31 heavy (non-hydrogen) atoms. The maximum atomic E-state index is 12.3. The number of benzene rings is 2. The fourth-order valence-electron chi connectivity index (χ4n) is 3.19. The molecule has 2 aromatic rings. The second kappa shape index (κ2) is 10.6. The summed E-state index contributed by atoms with van der Waals surface area (Å²) in [5, 5.41) is 6.61. The molecule has 0 spiro atoms. The zero-order valence-corrected chi connectivity index (χ0v) is 19.2. The molecule has 0 saturated heterocycles. The van der Waals surface area contributed by atoms with Crippen LogP contribution in [0.5, 0.6) is 5.75 Å². The van der Waals surface area contributed by atoms with E-state index in [1.54, 1.807) is 26.3 Å². The largest absolute Gasteiger partial charge is 0.497 e. The number of hydrogen-bond acceptors (Lipinski definition) is 4. The van der Waals surface area contributed by atoms with E-state index < -0.39 is 10.0 Å². The Kier molecular flexibility index (Phi) is 7.92. The van der Waals surface area contributed by atoms with Crippen molar-refractivity contribution >= 4 is 16.0 Å². The predicted molar refractivity (Wildman–Crippen MR) is 124 cm³/mol. The van der Waals surface area contributed by atoms with Crippen LogP contribution in [0, 0.1) is 0 Å². The quantitative estimate of drug-likeness (QED) is 0.387. The summed E-state index contributed by atoms with van der Waals surface area (Å²) in [7, 11) is -0.00255. The molecule has 0 heterocycles. The first-order chi connectivity index (χ1) is 14.9. The lowest BCUT2D eigenvalue weighted by atomic mass is 9.98. The maximum absolute atomic E-state index is 12.3. The SMILES string of the molecule is CN=C(NCCC(C)c1ccc(OC)cc1)NCc1ccc(S(=O)(=O)NC2CC2)cc1. The summed E-state index contributed by atoms with van der Waals surface area (Å²) < 4.78 is 32.4. The molecular weight excluding hydrogens is 412 g/mol. The van der Waals surface area contributed by atoms with Gasteiger partial charge in [-0.15, -0.1) is 0 Å². The second-order valence-corrected chi connectivity index (χ2v) is 9.57. The Morgan fingerprint density at radius 1 is 1.10 bits per heavy atom. The van der Waals surface area contributed by atoms with Crippen molar-refractivity contribution in [3.05, 3.63) is 59.7 Å². The van der Waals surface area contributed by atoms with Crippen LogP contribution in [-0.2, 0) is 16.6 Å². The first kappa shape index (κ1) is 23.1. The van der Waals surface area contributed by atoms with Crippen LogP contribution in [0.25, 0.3) is 0 Å². The normalized spacial score (nSPS) is 15.4. The van der Waals surface area contributed by atoms with Gasteiger partial charge in [0.2, 0.25) is 10.0 Å². The summed E-state index contributed by atoms with van der Waals surface area (Å²) in [6.07, 6.45) is 2.81. The molecule has 3 rings (SSSR count). The number of guanidine groups is 1. The van der Waals surface area contributed by atoms with Gasteiger partial charge in [-0.3, -0.25) is 4.99 Å². The minimum atomic E-state index is -3.41. The van der Waals surface area contributed by atoms with E-state index in [0.29, 0.717) is 23.3 Å². The van der Waals surface area contributed by atoms with Crippen molar-refractivity contribution in [1.82, 2.24) is 15.4 Å². The fraction of sp³-hybridized carbons (Fsp3) is 0.435. The average molecular weight is 445 g/mol. The van der Waals surface area contributed by atoms with Crippen molar-refractivity contribution < 1.29 is 13.2 Å². The zero-order chi connectivity index (χ0) is 22.3. The molecule has 0 amide bonds. The van der Waals surface area contributed by atoms with Crippen LogP contribution in [0.15, 0.2) is 58.4 Å². The van der Waals surface area contributed by atoms with Gasteiger partial charge in [-0.2, -0.15) is 0 Å². The van der Waals surface area contributed by atoms with E-state index in [1.807, 2.05) is 24.3 Å². The Labute approximate surface area is 185 Å². The third-order valence-electron chi connectivity index (χ3n) is 5.37. The summed E-state index contributed by atoms with van der Waals surface area (Å²) in [5.41, 5.74) is 2.26. The summed E-state index contributed by atoms with van der Waals surface area (Å²) in [4.78, 5) is 4.57. The van der Waals surface area contributed by atoms with Crippen molar-refractivity contribution in [2.45, 2.75) is 49.6 Å². The highest BCUT2D eigenvalue weighted by molar-refractivity contribution is 7.89. The number of nitrogens with zero attached hydrogens (tertiary/aromatic N) is 1. The molecule has 1 saturated carbocycles. The van der Waals surface area contributed by atoms with Crippen LogP contribution in [0.2, 0.25) is 0 Å². The Bertz CT molecular complexity index is 969. The summed E-state index contributed by atoms with van der Waals surface area (Å²) >= 11 is 0. The summed E-state index contributed by atoms with van der Waals surface area (Å²) in [5.74, 6) is 1.99. The van der Waals surface area contributed by atoms with Crippen LogP contribution in [0.3, 0.4) is 0 Å². The number of hydrogen-bond donors (Lipinski definition) is 3. The van der Waals surface area contributed by atoms with Gasteiger partial charge in [-0.05, 0) is 60.6 Å². The third-order valence-corrected chi connectivity index (χ3v) is 6.91. The van der Waals surface area contributed by atoms with Crippen molar-refractivity contribution in [3.8, 4) is 5.75 Å². The Balaban J connectivity index is 1.43. The predicted octanol–water partition coefficient (Wildman–Crippen LogP) is 2.99. The van der Waals surface area contributed by atoms with Gasteiger partial charge in [-0.25, -0.2) is 13.1 Å². The van der Waals surface area contributed by atoms with Crippen LogP contribution in [-0.4, -0.2) is 41.1 Å². The van der Waals surface area contributed by atoms with Crippen LogP contribution >= 0.6 is 0 Å². The molecular formula is C23H32N4O3S. The molecule has 8 heteroatoms. The molecule has 1 aliphatic rings. The second-order valence-electron chi connectivity index (χ2n) is 7.85. The number of methoxy groups -OCH3 is 1. The van der Waals surface area contributed by atoms with E-state index in [1.165, 1.54) is 5.56 Å². The standard InChI is InChI=1S/C23H32N4O3S/c1-17(19-6-10-21(30-3)11-7-19)14-15-25-23(24-2)26-16-18-4-12-22(13-5-18)31(28,29)27-20-8-9-20/h4-7,10-13,17,20,27H,8-9,14-16H2,1-3H3,(H2,24,25,26). The number of rotatable bonds is 10. The number of aliphatic imine (C=N–C) groups is 1. The molecule has 1 fully saturated rings. The molecule has 0 aromatic heterocycles. The van der Waals surface area contributed by atoms with Crippen molar-refractivity contribution in [2.75, 3.05) is 20.7 Å². The topological polar surface area (TPSA) is 91.8 Å². The van der Waals surface area contributed by atoms with Crippen LogP contribution in [0.4, 0.5) is 0 Å². The molecule has 3 N–H and O–H groups in total. The third kappa shape index (κ3) is 6.97. The minimum Gasteiger partial charge on any atom is -0.497 e. The van der Waals surface area contributed by atoms with Crippen molar-refractivity contribution in [3.63, 3.8) is 0 Å². The van der Waals surface area contributed by atoms with Gasteiger partial charge in [0, 0.05) is 26.2 Å².